The Labute approximate surface area is 93.5 Å². The number of rotatable bonds is 4. The lowest BCUT2D eigenvalue weighted by molar-refractivity contribution is -0.142. The first-order chi connectivity index (χ1) is 7.29. The molecule has 1 aromatic rings. The van der Waals surface area contributed by atoms with Crippen LogP contribution in [0.1, 0.15) is 11.6 Å². The molecule has 0 aliphatic rings. The van der Waals surface area contributed by atoms with E-state index in [2.05, 4.69) is 4.99 Å². The van der Waals surface area contributed by atoms with Gasteiger partial charge in [0.25, 0.3) is 0 Å². The summed E-state index contributed by atoms with van der Waals surface area (Å²) < 4.78 is 4.70. The van der Waals surface area contributed by atoms with E-state index in [1.165, 1.54) is 18.9 Å². The maximum absolute atomic E-state index is 11.5. The van der Waals surface area contributed by atoms with Gasteiger partial charge in [0.2, 0.25) is 0 Å². The Morgan fingerprint density at radius 2 is 2.13 bits per heavy atom. The highest BCUT2D eigenvalue weighted by molar-refractivity contribution is 8.11. The number of nitrogens with zero attached hydrogens (tertiary/aromatic N) is 1. The van der Waals surface area contributed by atoms with E-state index in [4.69, 9.17) is 4.74 Å². The van der Waals surface area contributed by atoms with E-state index in [0.717, 1.165) is 5.56 Å². The van der Waals surface area contributed by atoms with E-state index in [1.54, 1.807) is 5.55 Å². The molecule has 3 nitrogen and oxygen atoms in total. The average molecular weight is 223 g/mol. The zero-order valence-electron chi connectivity index (χ0n) is 8.71. The monoisotopic (exact) mass is 223 g/mol. The van der Waals surface area contributed by atoms with Crippen LogP contribution >= 0.6 is 11.8 Å². The Hall–Kier alpha value is -1.29. The summed E-state index contributed by atoms with van der Waals surface area (Å²) in [5.41, 5.74) is 2.49. The number of esters is 1. The summed E-state index contributed by atoms with van der Waals surface area (Å²) in [6.07, 6.45) is 1.89. The molecule has 0 heterocycles. The fourth-order valence-corrected chi connectivity index (χ4v) is 1.40. The highest BCUT2D eigenvalue weighted by Crippen LogP contribution is 2.18. The van der Waals surface area contributed by atoms with Gasteiger partial charge in [-0.1, -0.05) is 30.3 Å². The molecule has 1 aromatic carbocycles. The van der Waals surface area contributed by atoms with E-state index < -0.39 is 6.04 Å². The average Bonchev–Trinajstić information content (AvgIpc) is 2.30. The van der Waals surface area contributed by atoms with Gasteiger partial charge in [-0.15, -0.1) is 11.8 Å². The molecule has 0 N–H and O–H groups in total. The molecule has 1 rings (SSSR count). The molecule has 1 atom stereocenters. The molecule has 0 amide bonds. The van der Waals surface area contributed by atoms with E-state index in [1.807, 2.05) is 36.6 Å². The van der Waals surface area contributed by atoms with Crippen molar-refractivity contribution in [2.24, 2.45) is 4.99 Å². The van der Waals surface area contributed by atoms with Gasteiger partial charge in [-0.3, -0.25) is 4.99 Å². The molecule has 0 aliphatic heterocycles. The van der Waals surface area contributed by atoms with Crippen molar-refractivity contribution in [3.63, 3.8) is 0 Å². The lowest BCUT2D eigenvalue weighted by atomic mass is 10.1. The predicted molar refractivity (Wildman–Crippen MR) is 63.2 cm³/mol. The second kappa shape index (κ2) is 6.24. The van der Waals surface area contributed by atoms with Crippen molar-refractivity contribution in [1.29, 1.82) is 0 Å². The number of benzene rings is 1. The highest BCUT2D eigenvalue weighted by Gasteiger charge is 2.18. The minimum atomic E-state index is -0.552. The zero-order chi connectivity index (χ0) is 11.1. The first-order valence-electron chi connectivity index (χ1n) is 4.46. The van der Waals surface area contributed by atoms with Gasteiger partial charge in [0.15, 0.2) is 6.04 Å². The largest absolute Gasteiger partial charge is 0.467 e. The van der Waals surface area contributed by atoms with Crippen molar-refractivity contribution in [1.82, 2.24) is 0 Å². The van der Waals surface area contributed by atoms with Crippen LogP contribution in [0.3, 0.4) is 0 Å². The normalized spacial score (nSPS) is 12.7. The zero-order valence-corrected chi connectivity index (χ0v) is 9.53. The number of methoxy groups -OCH3 is 1. The van der Waals surface area contributed by atoms with Gasteiger partial charge < -0.3 is 4.74 Å². The minimum absolute atomic E-state index is 0.341. The van der Waals surface area contributed by atoms with Crippen LogP contribution < -0.4 is 0 Å². The summed E-state index contributed by atoms with van der Waals surface area (Å²) in [6.45, 7) is 0. The van der Waals surface area contributed by atoms with Crippen molar-refractivity contribution in [2.75, 3.05) is 13.4 Å². The summed E-state index contributed by atoms with van der Waals surface area (Å²) in [4.78, 5) is 15.6. The standard InChI is InChI=1S/C11H13NO2S/c1-14-11(13)10(12-8-15-2)9-6-4-3-5-7-9/h3-8,10H,1-2H3/t10-/m1/s1. The third-order valence-electron chi connectivity index (χ3n) is 1.86. The molecular formula is C11H13NO2S. The van der Waals surface area contributed by atoms with Crippen molar-refractivity contribution >= 4 is 23.3 Å². The molecule has 0 aromatic heterocycles. The first kappa shape index (κ1) is 11.8. The predicted octanol–water partition coefficient (Wildman–Crippen LogP) is 2.29. The molecule has 0 saturated heterocycles. The number of thioether (sulfide) groups is 1. The Bertz CT molecular complexity index is 338. The van der Waals surface area contributed by atoms with Gasteiger partial charge in [-0.25, -0.2) is 4.79 Å². The third kappa shape index (κ3) is 3.40. The third-order valence-corrected chi connectivity index (χ3v) is 2.19. The smallest absolute Gasteiger partial charge is 0.335 e. The maximum Gasteiger partial charge on any atom is 0.335 e. The van der Waals surface area contributed by atoms with Crippen LogP contribution in [-0.2, 0) is 9.53 Å². The molecule has 0 spiro atoms. The number of carbonyl (C=O) groups is 1. The topological polar surface area (TPSA) is 38.7 Å². The molecule has 15 heavy (non-hydrogen) atoms. The van der Waals surface area contributed by atoms with Gasteiger partial charge in [-0.2, -0.15) is 0 Å². The van der Waals surface area contributed by atoms with Crippen molar-refractivity contribution < 1.29 is 9.53 Å². The number of hydrogen-bond donors (Lipinski definition) is 0. The molecule has 80 valence electrons. The fourth-order valence-electron chi connectivity index (χ4n) is 1.15. The van der Waals surface area contributed by atoms with Crippen molar-refractivity contribution in [3.8, 4) is 0 Å². The molecule has 0 unspecified atom stereocenters. The van der Waals surface area contributed by atoms with Gasteiger partial charge in [0.1, 0.15) is 0 Å². The van der Waals surface area contributed by atoms with Crippen LogP contribution in [0.25, 0.3) is 0 Å². The van der Waals surface area contributed by atoms with Crippen LogP contribution in [-0.4, -0.2) is 24.9 Å². The molecule has 0 saturated carbocycles. The first-order valence-corrected chi connectivity index (χ1v) is 5.75. The van der Waals surface area contributed by atoms with Crippen LogP contribution in [0.5, 0.6) is 0 Å². The number of ether oxygens (including phenoxy) is 1. The number of aliphatic imine (C=N–C) groups is 1. The van der Waals surface area contributed by atoms with E-state index >= 15 is 0 Å². The molecular weight excluding hydrogens is 210 g/mol. The lowest BCUT2D eigenvalue weighted by Gasteiger charge is -2.09. The second-order valence-corrected chi connectivity index (χ2v) is 3.51. The Morgan fingerprint density at radius 1 is 1.47 bits per heavy atom. The van der Waals surface area contributed by atoms with Gasteiger partial charge in [-0.05, 0) is 11.8 Å². The van der Waals surface area contributed by atoms with Crippen LogP contribution in [0.15, 0.2) is 35.3 Å². The number of carbonyl (C=O) groups excluding carboxylic acids is 1. The van der Waals surface area contributed by atoms with Crippen LogP contribution in [0.4, 0.5) is 0 Å². The Morgan fingerprint density at radius 3 is 2.67 bits per heavy atom. The van der Waals surface area contributed by atoms with Crippen molar-refractivity contribution in [3.05, 3.63) is 35.9 Å². The Balaban J connectivity index is 2.91. The van der Waals surface area contributed by atoms with E-state index in [0.29, 0.717) is 0 Å². The fraction of sp³-hybridized carbons (Fsp3) is 0.273. The summed E-state index contributed by atoms with van der Waals surface area (Å²) in [6, 6.07) is 8.82. The summed E-state index contributed by atoms with van der Waals surface area (Å²) in [5, 5.41) is 0. The van der Waals surface area contributed by atoms with Crippen LogP contribution in [0.2, 0.25) is 0 Å². The van der Waals surface area contributed by atoms with Gasteiger partial charge in [0, 0.05) is 0 Å². The molecule has 0 aliphatic carbocycles. The second-order valence-electron chi connectivity index (χ2n) is 2.83. The molecule has 0 fully saturated rings. The molecule has 4 heteroatoms. The highest BCUT2D eigenvalue weighted by atomic mass is 32.2. The molecule has 0 radical (unpaired) electrons. The van der Waals surface area contributed by atoms with Crippen molar-refractivity contribution in [2.45, 2.75) is 6.04 Å². The minimum Gasteiger partial charge on any atom is -0.467 e. The van der Waals surface area contributed by atoms with Crippen LogP contribution in [0, 0.1) is 0 Å². The quantitative estimate of drug-likeness (QED) is 0.446. The number of hydrogen-bond acceptors (Lipinski definition) is 4. The van der Waals surface area contributed by atoms with E-state index in [-0.39, 0.29) is 5.97 Å². The summed E-state index contributed by atoms with van der Waals surface area (Å²) >= 11 is 1.45. The van der Waals surface area contributed by atoms with Gasteiger partial charge in [0.05, 0.1) is 12.7 Å². The summed E-state index contributed by atoms with van der Waals surface area (Å²) in [7, 11) is 1.37. The maximum atomic E-state index is 11.5. The SMILES string of the molecule is COC(=O)[C@H](N=CSC)c1ccccc1. The Kier molecular flexibility index (Phi) is 4.90. The molecule has 0 bridgehead atoms. The summed E-state index contributed by atoms with van der Waals surface area (Å²) in [5.74, 6) is -0.341. The van der Waals surface area contributed by atoms with Gasteiger partial charge >= 0.3 is 5.97 Å². The van der Waals surface area contributed by atoms with E-state index in [9.17, 15) is 4.79 Å². The lowest BCUT2D eigenvalue weighted by Crippen LogP contribution is -2.12.